The second-order valence-electron chi connectivity index (χ2n) is 4.95. The lowest BCUT2D eigenvalue weighted by molar-refractivity contribution is -0.905. The van der Waals surface area contributed by atoms with Gasteiger partial charge in [0.15, 0.2) is 0 Å². The minimum absolute atomic E-state index is 0.752. The third-order valence-electron chi connectivity index (χ3n) is 3.50. The molecule has 1 fully saturated rings. The smallest absolute Gasteiger partial charge is 0.209 e. The number of hydrogen-bond acceptors (Lipinski definition) is 5. The molecular formula is C15H19N4OS+. The molecule has 0 saturated carbocycles. The third-order valence-corrected chi connectivity index (χ3v) is 4.35. The van der Waals surface area contributed by atoms with E-state index in [4.69, 9.17) is 4.74 Å². The van der Waals surface area contributed by atoms with Crippen molar-refractivity contribution in [2.24, 2.45) is 0 Å². The second-order valence-corrected chi connectivity index (χ2v) is 6.01. The third kappa shape index (κ3) is 4.23. The number of quaternary nitrogens is 1. The van der Waals surface area contributed by atoms with Gasteiger partial charge in [-0.15, -0.1) is 10.2 Å². The van der Waals surface area contributed by atoms with Gasteiger partial charge in [-0.1, -0.05) is 42.1 Å². The zero-order valence-corrected chi connectivity index (χ0v) is 12.7. The zero-order valence-electron chi connectivity index (χ0n) is 11.9. The maximum Gasteiger partial charge on any atom is 0.209 e. The van der Waals surface area contributed by atoms with Crippen molar-refractivity contribution in [2.45, 2.75) is 5.16 Å². The Morgan fingerprint density at radius 1 is 1.10 bits per heavy atom. The van der Waals surface area contributed by atoms with Crippen molar-refractivity contribution in [3.05, 3.63) is 36.5 Å². The summed E-state index contributed by atoms with van der Waals surface area (Å²) in [5, 5.41) is 9.21. The molecule has 2 heterocycles. The largest absolute Gasteiger partial charge is 0.370 e. The molecule has 0 amide bonds. The fourth-order valence-electron chi connectivity index (χ4n) is 2.27. The Kier molecular flexibility index (Phi) is 5.15. The number of morpholine rings is 1. The molecule has 21 heavy (non-hydrogen) atoms. The SMILES string of the molecule is c1ccc(-c2cnc(SCC[NH+]3CCOCC3)nn2)cc1. The summed E-state index contributed by atoms with van der Waals surface area (Å²) in [7, 11) is 0. The molecule has 1 aromatic carbocycles. The first kappa shape index (κ1) is 14.4. The maximum atomic E-state index is 5.36. The van der Waals surface area contributed by atoms with Crippen LogP contribution in [0.2, 0.25) is 0 Å². The van der Waals surface area contributed by atoms with Crippen LogP contribution in [0.25, 0.3) is 11.3 Å². The van der Waals surface area contributed by atoms with Gasteiger partial charge >= 0.3 is 0 Å². The van der Waals surface area contributed by atoms with Crippen LogP contribution < -0.4 is 4.90 Å². The Hall–Kier alpha value is -1.50. The number of ether oxygens (including phenoxy) is 1. The Morgan fingerprint density at radius 2 is 1.90 bits per heavy atom. The molecule has 0 radical (unpaired) electrons. The minimum atomic E-state index is 0.752. The van der Waals surface area contributed by atoms with Crippen LogP contribution in [0.1, 0.15) is 0 Å². The molecule has 2 aromatic rings. The number of rotatable bonds is 5. The van der Waals surface area contributed by atoms with Crippen molar-refractivity contribution < 1.29 is 9.64 Å². The second kappa shape index (κ2) is 7.49. The quantitative estimate of drug-likeness (QED) is 0.818. The summed E-state index contributed by atoms with van der Waals surface area (Å²) in [6.45, 7) is 5.09. The Balaban J connectivity index is 1.50. The normalized spacial score (nSPS) is 16.0. The van der Waals surface area contributed by atoms with Gasteiger partial charge in [-0.3, -0.25) is 0 Å². The van der Waals surface area contributed by atoms with E-state index in [-0.39, 0.29) is 0 Å². The molecule has 1 aliphatic heterocycles. The van der Waals surface area contributed by atoms with Crippen LogP contribution in [-0.4, -0.2) is 53.8 Å². The van der Waals surface area contributed by atoms with Crippen LogP contribution in [0.15, 0.2) is 41.7 Å². The van der Waals surface area contributed by atoms with E-state index in [1.54, 1.807) is 22.9 Å². The van der Waals surface area contributed by atoms with Crippen molar-refractivity contribution in [1.29, 1.82) is 0 Å². The highest BCUT2D eigenvalue weighted by molar-refractivity contribution is 7.99. The molecule has 1 aromatic heterocycles. The summed E-state index contributed by atoms with van der Waals surface area (Å²) in [6.07, 6.45) is 1.80. The summed E-state index contributed by atoms with van der Waals surface area (Å²) in [6, 6.07) is 10.00. The lowest BCUT2D eigenvalue weighted by Crippen LogP contribution is -3.14. The molecule has 0 unspecified atom stereocenters. The fourth-order valence-corrected chi connectivity index (χ4v) is 3.07. The number of nitrogens with one attached hydrogen (secondary N) is 1. The van der Waals surface area contributed by atoms with Crippen LogP contribution in [-0.2, 0) is 4.74 Å². The first-order valence-corrected chi connectivity index (χ1v) is 8.19. The van der Waals surface area contributed by atoms with Crippen LogP contribution in [0.3, 0.4) is 0 Å². The number of thioether (sulfide) groups is 1. The molecule has 6 heteroatoms. The van der Waals surface area contributed by atoms with Crippen molar-refractivity contribution >= 4 is 11.8 Å². The van der Waals surface area contributed by atoms with Crippen molar-refractivity contribution in [3.63, 3.8) is 0 Å². The van der Waals surface area contributed by atoms with E-state index >= 15 is 0 Å². The van der Waals surface area contributed by atoms with Gasteiger partial charge < -0.3 is 9.64 Å². The summed E-state index contributed by atoms with van der Waals surface area (Å²) in [5.41, 5.74) is 1.87. The van der Waals surface area contributed by atoms with Crippen LogP contribution in [0, 0.1) is 0 Å². The first-order valence-electron chi connectivity index (χ1n) is 7.21. The van der Waals surface area contributed by atoms with Gasteiger partial charge in [0, 0.05) is 5.56 Å². The molecule has 110 valence electrons. The highest BCUT2D eigenvalue weighted by Gasteiger charge is 2.13. The van der Waals surface area contributed by atoms with E-state index in [0.29, 0.717) is 0 Å². The first-order chi connectivity index (χ1) is 10.4. The summed E-state index contributed by atoms with van der Waals surface area (Å²) >= 11 is 1.67. The molecule has 0 bridgehead atoms. The molecule has 1 N–H and O–H groups in total. The molecule has 3 rings (SSSR count). The van der Waals surface area contributed by atoms with Gasteiger partial charge in [-0.2, -0.15) is 0 Å². The number of aromatic nitrogens is 3. The van der Waals surface area contributed by atoms with Crippen molar-refractivity contribution in [3.8, 4) is 11.3 Å². The van der Waals surface area contributed by atoms with Crippen LogP contribution in [0.5, 0.6) is 0 Å². The molecule has 0 aliphatic carbocycles. The molecule has 1 saturated heterocycles. The molecule has 0 spiro atoms. The molecular weight excluding hydrogens is 284 g/mol. The van der Waals surface area contributed by atoms with Crippen LogP contribution >= 0.6 is 11.8 Å². The zero-order chi connectivity index (χ0) is 14.3. The van der Waals surface area contributed by atoms with Crippen molar-refractivity contribution in [1.82, 2.24) is 15.2 Å². The number of nitrogens with zero attached hydrogens (tertiary/aromatic N) is 3. The number of hydrogen-bond donors (Lipinski definition) is 1. The summed E-state index contributed by atoms with van der Waals surface area (Å²) in [4.78, 5) is 5.99. The van der Waals surface area contributed by atoms with Gasteiger partial charge in [0.1, 0.15) is 18.8 Å². The lowest BCUT2D eigenvalue weighted by Gasteiger charge is -2.23. The predicted molar refractivity (Wildman–Crippen MR) is 82.4 cm³/mol. The topological polar surface area (TPSA) is 52.3 Å². The highest BCUT2D eigenvalue weighted by atomic mass is 32.2. The minimum Gasteiger partial charge on any atom is -0.370 e. The van der Waals surface area contributed by atoms with E-state index in [9.17, 15) is 0 Å². The van der Waals surface area contributed by atoms with E-state index in [2.05, 4.69) is 15.2 Å². The predicted octanol–water partition coefficient (Wildman–Crippen LogP) is 0.546. The van der Waals surface area contributed by atoms with E-state index in [1.165, 1.54) is 0 Å². The fraction of sp³-hybridized carbons (Fsp3) is 0.400. The van der Waals surface area contributed by atoms with Gasteiger partial charge in [-0.05, 0) is 0 Å². The summed E-state index contributed by atoms with van der Waals surface area (Å²) < 4.78 is 5.36. The van der Waals surface area contributed by atoms with E-state index in [0.717, 1.165) is 55.0 Å². The molecule has 0 atom stereocenters. The monoisotopic (exact) mass is 303 g/mol. The van der Waals surface area contributed by atoms with E-state index < -0.39 is 0 Å². The number of benzene rings is 1. The summed E-state index contributed by atoms with van der Waals surface area (Å²) in [5.74, 6) is 1.02. The Bertz CT molecular complexity index is 543. The molecule has 1 aliphatic rings. The maximum absolute atomic E-state index is 5.36. The average Bonchev–Trinajstić information content (AvgIpc) is 2.57. The van der Waals surface area contributed by atoms with E-state index in [1.807, 2.05) is 30.3 Å². The Morgan fingerprint density at radius 3 is 2.62 bits per heavy atom. The van der Waals surface area contributed by atoms with Gasteiger partial charge in [0.25, 0.3) is 0 Å². The molecule has 5 nitrogen and oxygen atoms in total. The van der Waals surface area contributed by atoms with Gasteiger partial charge in [-0.25, -0.2) is 4.98 Å². The van der Waals surface area contributed by atoms with Gasteiger partial charge in [0.05, 0.1) is 31.7 Å². The van der Waals surface area contributed by atoms with Crippen molar-refractivity contribution in [2.75, 3.05) is 38.6 Å². The highest BCUT2D eigenvalue weighted by Crippen LogP contribution is 2.16. The Labute approximate surface area is 128 Å². The van der Waals surface area contributed by atoms with Crippen LogP contribution in [0.4, 0.5) is 0 Å². The van der Waals surface area contributed by atoms with Gasteiger partial charge in [0.2, 0.25) is 5.16 Å². The lowest BCUT2D eigenvalue weighted by atomic mass is 10.2. The standard InChI is InChI=1S/C15H18N4OS/c1-2-4-13(5-3-1)14-12-16-15(18-17-14)21-11-8-19-6-9-20-10-7-19/h1-5,12H,6-11H2/p+1. The average molecular weight is 303 g/mol.